The van der Waals surface area contributed by atoms with Crippen LogP contribution >= 0.6 is 12.6 Å². The summed E-state index contributed by atoms with van der Waals surface area (Å²) in [5.41, 5.74) is 1.46. The number of benzene rings is 2. The standard InChI is InChI=1S/C24H24F2N4O4S/c25-17-4-1-16(2-5-17)3-8-22(31)29-11-9-28(10-12-29)21-7-6-18(13-20(21)26)30-15-19(34-24(30)33)14-27-23(32)35/h1-8,13,19H,9-12,14-15H2,(H2,27,32,35)/b8-3+/t19-/m0/s1. The zero-order valence-corrected chi connectivity index (χ0v) is 19.6. The van der Waals surface area contributed by atoms with Crippen molar-refractivity contribution in [2.75, 3.05) is 49.1 Å². The van der Waals surface area contributed by atoms with Gasteiger partial charge in [-0.2, -0.15) is 0 Å². The van der Waals surface area contributed by atoms with E-state index < -0.39 is 23.3 Å². The molecule has 8 nitrogen and oxygen atoms in total. The molecule has 11 heteroatoms. The lowest BCUT2D eigenvalue weighted by molar-refractivity contribution is -0.126. The van der Waals surface area contributed by atoms with Crippen LogP contribution in [0.1, 0.15) is 5.56 Å². The number of piperazine rings is 1. The highest BCUT2D eigenvalue weighted by Crippen LogP contribution is 2.28. The molecule has 2 aliphatic rings. The van der Waals surface area contributed by atoms with Crippen LogP contribution in [0.5, 0.6) is 0 Å². The van der Waals surface area contributed by atoms with Gasteiger partial charge in [0, 0.05) is 32.3 Å². The lowest BCUT2D eigenvalue weighted by Gasteiger charge is -2.36. The fourth-order valence-corrected chi connectivity index (χ4v) is 4.07. The number of cyclic esters (lactones) is 1. The fourth-order valence-electron chi connectivity index (χ4n) is 3.97. The average molecular weight is 503 g/mol. The third-order valence-electron chi connectivity index (χ3n) is 5.82. The Hall–Kier alpha value is -3.60. The Morgan fingerprint density at radius 1 is 1.09 bits per heavy atom. The fraction of sp³-hybridized carbons (Fsp3) is 0.292. The number of thiol groups is 1. The normalized spacial score (nSPS) is 18.2. The maximum Gasteiger partial charge on any atom is 0.414 e. The number of amides is 3. The molecule has 2 fully saturated rings. The van der Waals surface area contributed by atoms with Crippen molar-refractivity contribution in [1.82, 2.24) is 10.2 Å². The Labute approximate surface area is 206 Å². The summed E-state index contributed by atoms with van der Waals surface area (Å²) in [6, 6.07) is 10.4. The number of anilines is 2. The molecule has 2 aliphatic heterocycles. The Morgan fingerprint density at radius 3 is 2.46 bits per heavy atom. The topological polar surface area (TPSA) is 82.2 Å². The maximum atomic E-state index is 15.0. The van der Waals surface area contributed by atoms with Gasteiger partial charge in [0.1, 0.15) is 17.7 Å². The number of halogens is 2. The van der Waals surface area contributed by atoms with Gasteiger partial charge in [-0.25, -0.2) is 13.6 Å². The Balaban J connectivity index is 1.33. The van der Waals surface area contributed by atoms with Crippen molar-refractivity contribution in [3.05, 3.63) is 65.7 Å². The summed E-state index contributed by atoms with van der Waals surface area (Å²) in [7, 11) is 0. The highest BCUT2D eigenvalue weighted by molar-refractivity contribution is 7.96. The predicted octanol–water partition coefficient (Wildman–Crippen LogP) is 3.29. The van der Waals surface area contributed by atoms with Crippen molar-refractivity contribution in [1.29, 1.82) is 0 Å². The van der Waals surface area contributed by atoms with Crippen molar-refractivity contribution >= 4 is 47.3 Å². The quantitative estimate of drug-likeness (QED) is 0.468. The molecule has 1 N–H and O–H groups in total. The highest BCUT2D eigenvalue weighted by Gasteiger charge is 2.33. The number of hydrogen-bond donors (Lipinski definition) is 2. The second kappa shape index (κ2) is 10.8. The van der Waals surface area contributed by atoms with Gasteiger partial charge in [-0.15, -0.1) is 0 Å². The van der Waals surface area contributed by atoms with Crippen LogP contribution < -0.4 is 15.1 Å². The Bertz CT molecular complexity index is 1140. The summed E-state index contributed by atoms with van der Waals surface area (Å²) in [4.78, 5) is 40.4. The van der Waals surface area contributed by atoms with Gasteiger partial charge < -0.3 is 19.9 Å². The summed E-state index contributed by atoms with van der Waals surface area (Å²) in [5.74, 6) is -0.993. The molecule has 0 aromatic heterocycles. The van der Waals surface area contributed by atoms with E-state index >= 15 is 0 Å². The molecule has 2 heterocycles. The van der Waals surface area contributed by atoms with Crippen LogP contribution in [0, 0.1) is 11.6 Å². The molecule has 4 rings (SSSR count). The van der Waals surface area contributed by atoms with Crippen LogP contribution in [0.4, 0.5) is 29.7 Å². The number of ether oxygens (including phenoxy) is 1. The molecule has 0 spiro atoms. The third kappa shape index (κ3) is 6.10. The lowest BCUT2D eigenvalue weighted by atomic mass is 10.2. The molecular formula is C24H24F2N4O4S. The first kappa shape index (κ1) is 24.5. The van der Waals surface area contributed by atoms with E-state index in [1.807, 2.05) is 4.90 Å². The number of hydrogen-bond acceptors (Lipinski definition) is 5. The predicted molar refractivity (Wildman–Crippen MR) is 131 cm³/mol. The SMILES string of the molecule is O=C(S)NC[C@H]1CN(c2ccc(N3CCN(C(=O)/C=C/c4ccc(F)cc4)CC3)c(F)c2)C(=O)O1. The first-order valence-corrected chi connectivity index (χ1v) is 11.5. The van der Waals surface area contributed by atoms with Crippen molar-refractivity contribution in [3.63, 3.8) is 0 Å². The smallest absolute Gasteiger partial charge is 0.414 e. The molecule has 2 aromatic carbocycles. The van der Waals surface area contributed by atoms with E-state index in [9.17, 15) is 23.2 Å². The molecule has 1 atom stereocenters. The molecule has 0 aliphatic carbocycles. The first-order valence-electron chi connectivity index (χ1n) is 11.0. The number of carbonyl (C=O) groups excluding carboxylic acids is 3. The molecule has 0 radical (unpaired) electrons. The van der Waals surface area contributed by atoms with Gasteiger partial charge in [-0.1, -0.05) is 24.8 Å². The van der Waals surface area contributed by atoms with Crippen LogP contribution in [0.25, 0.3) is 6.08 Å². The lowest BCUT2D eigenvalue weighted by Crippen LogP contribution is -2.48. The van der Waals surface area contributed by atoms with Gasteiger partial charge in [-0.05, 0) is 42.0 Å². The van der Waals surface area contributed by atoms with Crippen LogP contribution in [-0.4, -0.2) is 67.5 Å². The van der Waals surface area contributed by atoms with Crippen LogP contribution in [0.3, 0.4) is 0 Å². The number of nitrogens with zero attached hydrogens (tertiary/aromatic N) is 3. The summed E-state index contributed by atoms with van der Waals surface area (Å²) < 4.78 is 33.2. The Morgan fingerprint density at radius 2 is 1.80 bits per heavy atom. The zero-order valence-electron chi connectivity index (χ0n) is 18.7. The molecule has 35 heavy (non-hydrogen) atoms. The minimum absolute atomic E-state index is 0.118. The summed E-state index contributed by atoms with van der Waals surface area (Å²) in [6.45, 7) is 2.04. The summed E-state index contributed by atoms with van der Waals surface area (Å²) >= 11 is 3.61. The molecular weight excluding hydrogens is 478 g/mol. The van der Waals surface area contributed by atoms with E-state index in [1.165, 1.54) is 29.2 Å². The number of nitrogens with one attached hydrogen (secondary N) is 1. The van der Waals surface area contributed by atoms with E-state index in [0.29, 0.717) is 37.6 Å². The average Bonchev–Trinajstić information content (AvgIpc) is 3.22. The van der Waals surface area contributed by atoms with E-state index in [-0.39, 0.29) is 24.8 Å². The molecule has 184 valence electrons. The van der Waals surface area contributed by atoms with Crippen LogP contribution in [0.2, 0.25) is 0 Å². The van der Waals surface area contributed by atoms with E-state index in [4.69, 9.17) is 4.74 Å². The van der Waals surface area contributed by atoms with Crippen molar-refractivity contribution < 1.29 is 27.9 Å². The van der Waals surface area contributed by atoms with Gasteiger partial charge in [-0.3, -0.25) is 14.5 Å². The first-order chi connectivity index (χ1) is 16.8. The van der Waals surface area contributed by atoms with Crippen LogP contribution in [-0.2, 0) is 9.53 Å². The van der Waals surface area contributed by atoms with Gasteiger partial charge >= 0.3 is 6.09 Å². The molecule has 0 bridgehead atoms. The van der Waals surface area contributed by atoms with E-state index in [2.05, 4.69) is 17.9 Å². The van der Waals surface area contributed by atoms with Crippen molar-refractivity contribution in [3.8, 4) is 0 Å². The van der Waals surface area contributed by atoms with Crippen LogP contribution in [0.15, 0.2) is 48.5 Å². The summed E-state index contributed by atoms with van der Waals surface area (Å²) in [6.07, 6.45) is 1.91. The van der Waals surface area contributed by atoms with E-state index in [0.717, 1.165) is 5.56 Å². The van der Waals surface area contributed by atoms with Gasteiger partial charge in [0.2, 0.25) is 5.91 Å². The molecule has 3 amide bonds. The minimum Gasteiger partial charge on any atom is -0.442 e. The van der Waals surface area contributed by atoms with Crippen molar-refractivity contribution in [2.45, 2.75) is 6.10 Å². The van der Waals surface area contributed by atoms with E-state index in [1.54, 1.807) is 35.2 Å². The Kier molecular flexibility index (Phi) is 7.54. The molecule has 2 aromatic rings. The monoisotopic (exact) mass is 502 g/mol. The number of rotatable bonds is 6. The zero-order chi connectivity index (χ0) is 24.9. The number of carbonyl (C=O) groups is 3. The van der Waals surface area contributed by atoms with Gasteiger partial charge in [0.25, 0.3) is 5.24 Å². The molecule has 0 unspecified atom stereocenters. The summed E-state index contributed by atoms with van der Waals surface area (Å²) in [5, 5.41) is 1.94. The van der Waals surface area contributed by atoms with Crippen molar-refractivity contribution in [2.24, 2.45) is 0 Å². The largest absolute Gasteiger partial charge is 0.442 e. The second-order valence-corrected chi connectivity index (χ2v) is 8.54. The maximum absolute atomic E-state index is 15.0. The molecule has 0 saturated carbocycles. The molecule has 2 saturated heterocycles. The third-order valence-corrected chi connectivity index (χ3v) is 5.98. The minimum atomic E-state index is -0.614. The second-order valence-electron chi connectivity index (χ2n) is 8.14. The highest BCUT2D eigenvalue weighted by atomic mass is 32.1. The van der Waals surface area contributed by atoms with Gasteiger partial charge in [0.05, 0.1) is 24.5 Å². The van der Waals surface area contributed by atoms with Gasteiger partial charge in [0.15, 0.2) is 0 Å².